The van der Waals surface area contributed by atoms with Crippen LogP contribution in [0.2, 0.25) is 0 Å². The molecule has 1 aromatic carbocycles. The van der Waals surface area contributed by atoms with E-state index in [-0.39, 0.29) is 23.7 Å². The Kier molecular flexibility index (Phi) is 3.59. The van der Waals surface area contributed by atoms with Crippen LogP contribution in [0.1, 0.15) is 6.42 Å². The van der Waals surface area contributed by atoms with Crippen LogP contribution in [-0.2, 0) is 14.8 Å². The first-order valence-corrected chi connectivity index (χ1v) is 8.34. The average molecular weight is 340 g/mol. The number of aromatic amines is 1. The number of amides is 1. The Morgan fingerprint density at radius 3 is 2.55 bits per heavy atom. The van der Waals surface area contributed by atoms with Crippen LogP contribution in [0, 0.1) is 4.84 Å². The Morgan fingerprint density at radius 2 is 2.05 bits per heavy atom. The predicted octanol–water partition coefficient (Wildman–Crippen LogP) is 0.793. The summed E-state index contributed by atoms with van der Waals surface area (Å²) in [6.45, 7) is 0.0557. The van der Waals surface area contributed by atoms with Crippen molar-refractivity contribution in [3.8, 4) is 11.5 Å². The van der Waals surface area contributed by atoms with E-state index in [1.54, 1.807) is 24.3 Å². The van der Waals surface area contributed by atoms with Crippen molar-refractivity contribution in [1.82, 2.24) is 10.2 Å². The molecule has 22 heavy (non-hydrogen) atoms. The van der Waals surface area contributed by atoms with Crippen molar-refractivity contribution in [1.29, 1.82) is 0 Å². The number of hydrogen-bond acceptors (Lipinski definition) is 6. The molecule has 1 unspecified atom stereocenters. The van der Waals surface area contributed by atoms with Gasteiger partial charge in [-0.05, 0) is 36.5 Å². The van der Waals surface area contributed by atoms with E-state index in [1.807, 2.05) is 0 Å². The van der Waals surface area contributed by atoms with Crippen LogP contribution >= 0.6 is 12.2 Å². The van der Waals surface area contributed by atoms with Crippen molar-refractivity contribution in [3.63, 3.8) is 0 Å². The average Bonchev–Trinajstić information content (AvgIpc) is 3.05. The molecule has 1 aromatic heterocycles. The SMILES string of the molecule is NS(=O)(=O)C1CC(=O)N(c2ccc(-c3n[nH]c(=S)o3)cc2)C1. The van der Waals surface area contributed by atoms with Crippen LogP contribution in [-0.4, -0.2) is 36.3 Å². The minimum atomic E-state index is -3.73. The van der Waals surface area contributed by atoms with Gasteiger partial charge in [0.05, 0.1) is 0 Å². The smallest absolute Gasteiger partial charge is 0.284 e. The molecular weight excluding hydrogens is 328 g/mol. The van der Waals surface area contributed by atoms with E-state index in [9.17, 15) is 13.2 Å². The summed E-state index contributed by atoms with van der Waals surface area (Å²) in [6.07, 6.45) is -0.103. The predicted molar refractivity (Wildman–Crippen MR) is 81.0 cm³/mol. The molecule has 2 aromatic rings. The molecule has 0 saturated carbocycles. The summed E-state index contributed by atoms with van der Waals surface area (Å²) < 4.78 is 27.9. The van der Waals surface area contributed by atoms with Crippen LogP contribution in [0.4, 0.5) is 5.69 Å². The standard InChI is InChI=1S/C12H12N4O4S2/c13-22(18,19)9-5-10(17)16(6-9)8-3-1-7(2-4-8)11-14-15-12(21)20-11/h1-4,9H,5-6H2,(H,15,21)(H2,13,18,19). The molecule has 0 radical (unpaired) electrons. The van der Waals surface area contributed by atoms with Gasteiger partial charge in [-0.3, -0.25) is 4.79 Å². The number of rotatable bonds is 3. The number of primary sulfonamides is 1. The number of anilines is 1. The van der Waals surface area contributed by atoms with Crippen molar-refractivity contribution in [2.45, 2.75) is 11.7 Å². The van der Waals surface area contributed by atoms with Gasteiger partial charge < -0.3 is 9.32 Å². The third-order valence-electron chi connectivity index (χ3n) is 3.42. The van der Waals surface area contributed by atoms with E-state index in [0.717, 1.165) is 0 Å². The largest absolute Gasteiger partial charge is 0.409 e. The van der Waals surface area contributed by atoms with Crippen LogP contribution in [0.5, 0.6) is 0 Å². The summed E-state index contributed by atoms with van der Waals surface area (Å²) in [7, 11) is -3.73. The van der Waals surface area contributed by atoms with E-state index in [4.69, 9.17) is 21.8 Å². The number of carbonyl (C=O) groups excluding carboxylic acids is 1. The minimum Gasteiger partial charge on any atom is -0.409 e. The molecule has 2 heterocycles. The van der Waals surface area contributed by atoms with Gasteiger partial charge in [-0.1, -0.05) is 0 Å². The van der Waals surface area contributed by atoms with E-state index in [2.05, 4.69) is 10.2 Å². The lowest BCUT2D eigenvalue weighted by Crippen LogP contribution is -2.32. The molecule has 0 spiro atoms. The number of benzene rings is 1. The molecule has 1 saturated heterocycles. The van der Waals surface area contributed by atoms with Crippen LogP contribution in [0.3, 0.4) is 0 Å². The minimum absolute atomic E-state index is 0.0557. The van der Waals surface area contributed by atoms with Gasteiger partial charge in [-0.2, -0.15) is 0 Å². The molecule has 0 aliphatic carbocycles. The van der Waals surface area contributed by atoms with Gasteiger partial charge in [0.15, 0.2) is 0 Å². The third kappa shape index (κ3) is 2.80. The molecule has 1 atom stereocenters. The number of hydrogen-bond donors (Lipinski definition) is 2. The lowest BCUT2D eigenvalue weighted by Gasteiger charge is -2.16. The molecule has 1 aliphatic heterocycles. The zero-order valence-electron chi connectivity index (χ0n) is 11.2. The van der Waals surface area contributed by atoms with Gasteiger partial charge in [0, 0.05) is 24.2 Å². The number of sulfonamides is 1. The van der Waals surface area contributed by atoms with Crippen molar-refractivity contribution in [2.24, 2.45) is 5.14 Å². The van der Waals surface area contributed by atoms with Crippen LogP contribution in [0.15, 0.2) is 28.7 Å². The monoisotopic (exact) mass is 340 g/mol. The highest BCUT2D eigenvalue weighted by molar-refractivity contribution is 7.89. The molecule has 3 N–H and O–H groups in total. The molecule has 0 bridgehead atoms. The molecule has 8 nitrogen and oxygen atoms in total. The number of carbonyl (C=O) groups is 1. The first-order chi connectivity index (χ1) is 10.3. The lowest BCUT2D eigenvalue weighted by atomic mass is 10.2. The molecule has 10 heteroatoms. The Balaban J connectivity index is 1.84. The highest BCUT2D eigenvalue weighted by atomic mass is 32.2. The summed E-state index contributed by atoms with van der Waals surface area (Å²) in [5.74, 6) is 0.0655. The molecule has 1 aliphatic rings. The van der Waals surface area contributed by atoms with E-state index < -0.39 is 15.3 Å². The third-order valence-corrected chi connectivity index (χ3v) is 4.84. The molecule has 3 rings (SSSR count). The highest BCUT2D eigenvalue weighted by Crippen LogP contribution is 2.26. The maximum atomic E-state index is 11.9. The molecule has 1 amide bonds. The van der Waals surface area contributed by atoms with Crippen molar-refractivity contribution >= 4 is 33.8 Å². The maximum Gasteiger partial charge on any atom is 0.284 e. The first-order valence-electron chi connectivity index (χ1n) is 6.32. The molecule has 1 fully saturated rings. The van der Waals surface area contributed by atoms with Crippen molar-refractivity contribution < 1.29 is 17.6 Å². The summed E-state index contributed by atoms with van der Waals surface area (Å²) >= 11 is 4.80. The summed E-state index contributed by atoms with van der Waals surface area (Å²) in [6, 6.07) is 6.79. The Labute approximate surface area is 131 Å². The normalized spacial score (nSPS) is 18.9. The van der Waals surface area contributed by atoms with Gasteiger partial charge in [0.2, 0.25) is 21.8 Å². The van der Waals surface area contributed by atoms with Crippen LogP contribution in [0.25, 0.3) is 11.5 Å². The number of aromatic nitrogens is 2. The first kappa shape index (κ1) is 14.9. The highest BCUT2D eigenvalue weighted by Gasteiger charge is 2.37. The summed E-state index contributed by atoms with van der Waals surface area (Å²) in [5, 5.41) is 10.7. The Morgan fingerprint density at radius 1 is 1.36 bits per heavy atom. The van der Waals surface area contributed by atoms with E-state index >= 15 is 0 Å². The summed E-state index contributed by atoms with van der Waals surface area (Å²) in [5.41, 5.74) is 1.28. The zero-order valence-corrected chi connectivity index (χ0v) is 12.9. The number of nitrogens with zero attached hydrogens (tertiary/aromatic N) is 2. The van der Waals surface area contributed by atoms with Gasteiger partial charge in [-0.15, -0.1) is 5.10 Å². The second kappa shape index (κ2) is 5.30. The lowest BCUT2D eigenvalue weighted by molar-refractivity contribution is -0.117. The number of nitrogens with one attached hydrogen (secondary N) is 1. The van der Waals surface area contributed by atoms with Gasteiger partial charge in [0.1, 0.15) is 5.25 Å². The van der Waals surface area contributed by atoms with Gasteiger partial charge in [0.25, 0.3) is 4.84 Å². The quantitative estimate of drug-likeness (QED) is 0.797. The fourth-order valence-corrected chi connectivity index (χ4v) is 3.14. The second-order valence-corrected chi connectivity index (χ2v) is 7.10. The fraction of sp³-hybridized carbons (Fsp3) is 0.250. The second-order valence-electron chi connectivity index (χ2n) is 4.88. The topological polar surface area (TPSA) is 122 Å². The molecule has 116 valence electrons. The van der Waals surface area contributed by atoms with Gasteiger partial charge >= 0.3 is 0 Å². The molecular formula is C12H12N4O4S2. The number of nitrogens with two attached hydrogens (primary N) is 1. The Hall–Kier alpha value is -2.04. The maximum absolute atomic E-state index is 11.9. The van der Waals surface area contributed by atoms with E-state index in [1.165, 1.54) is 4.90 Å². The van der Waals surface area contributed by atoms with E-state index in [0.29, 0.717) is 17.1 Å². The summed E-state index contributed by atoms with van der Waals surface area (Å²) in [4.78, 5) is 13.5. The fourth-order valence-electron chi connectivity index (χ4n) is 2.28. The Bertz CT molecular complexity index is 869. The zero-order chi connectivity index (χ0) is 15.9. The van der Waals surface area contributed by atoms with Crippen molar-refractivity contribution in [2.75, 3.05) is 11.4 Å². The number of H-pyrrole nitrogens is 1. The van der Waals surface area contributed by atoms with Crippen molar-refractivity contribution in [3.05, 3.63) is 29.1 Å². The van der Waals surface area contributed by atoms with Crippen LogP contribution < -0.4 is 10.0 Å². The van der Waals surface area contributed by atoms with Gasteiger partial charge in [-0.25, -0.2) is 18.7 Å².